The third-order valence-corrected chi connectivity index (χ3v) is 4.26. The van der Waals surface area contributed by atoms with Crippen LogP contribution in [0.5, 0.6) is 0 Å². The topological polar surface area (TPSA) is 167 Å². The van der Waals surface area contributed by atoms with Crippen molar-refractivity contribution in [3.05, 3.63) is 55.7 Å². The van der Waals surface area contributed by atoms with Gasteiger partial charge in [-0.15, -0.1) is 0 Å². The fraction of sp³-hybridized carbons (Fsp3) is 0.0556. The molecule has 0 N–H and O–H groups in total. The van der Waals surface area contributed by atoms with Gasteiger partial charge in [0.15, 0.2) is 0 Å². The molecule has 0 aromatic heterocycles. The predicted molar refractivity (Wildman–Crippen MR) is 77.9 cm³/mol. The Morgan fingerprint density at radius 1 is 0.360 bits per heavy atom. The average Bonchev–Trinajstić information content (AvgIpc) is 3.14. The first kappa shape index (κ1) is 15.0. The second kappa shape index (κ2) is 5.10. The number of hydrogen-bond donors (Lipinski definition) is 0. The van der Waals surface area contributed by atoms with Crippen molar-refractivity contribution in [3.8, 4) is 42.5 Å². The number of nitrogens with zero attached hydrogens (tertiary/aromatic N) is 7. The summed E-state index contributed by atoms with van der Waals surface area (Å²) in [5.41, 5.74) is -0.661. The Bertz CT molecular complexity index is 1230. The zero-order valence-corrected chi connectivity index (χ0v) is 12.2. The number of nitriles is 7. The normalized spacial score (nSPS) is 20.1. The van der Waals surface area contributed by atoms with E-state index in [-0.39, 0.29) is 55.7 Å². The SMILES string of the molecule is N#CC1=C(C#N)C2=C(C#N)C(C#N)=C3C(C#N)=C(C#N)C(=C1C#N)C23. The lowest BCUT2D eigenvalue weighted by molar-refractivity contribution is 0.904. The zero-order chi connectivity index (χ0) is 18.3. The van der Waals surface area contributed by atoms with Crippen molar-refractivity contribution in [1.82, 2.24) is 0 Å². The maximum Gasteiger partial charge on any atom is 0.102 e. The van der Waals surface area contributed by atoms with Crippen molar-refractivity contribution in [1.29, 1.82) is 36.8 Å². The Morgan fingerprint density at radius 3 is 0.880 bits per heavy atom. The molecule has 25 heavy (non-hydrogen) atoms. The lowest BCUT2D eigenvalue weighted by atomic mass is 9.75. The summed E-state index contributed by atoms with van der Waals surface area (Å²) in [6.45, 7) is 0. The van der Waals surface area contributed by atoms with E-state index in [2.05, 4.69) is 0 Å². The summed E-state index contributed by atoms with van der Waals surface area (Å²) in [5, 5.41) is 66.2. The summed E-state index contributed by atoms with van der Waals surface area (Å²) >= 11 is 0. The van der Waals surface area contributed by atoms with Gasteiger partial charge >= 0.3 is 0 Å². The van der Waals surface area contributed by atoms with E-state index in [1.807, 2.05) is 36.4 Å². The minimum atomic E-state index is -0.894. The largest absolute Gasteiger partial charge is 0.192 e. The van der Waals surface area contributed by atoms with E-state index in [0.29, 0.717) is 0 Å². The first-order chi connectivity index (χ1) is 12.1. The van der Waals surface area contributed by atoms with Crippen molar-refractivity contribution < 1.29 is 0 Å². The van der Waals surface area contributed by atoms with E-state index in [1.165, 1.54) is 0 Å². The standard InChI is InChI=1S/C18HN7/c19-1-8-9(2-20)15-11(4-22)13(6-24)17-14(7-25)12(5-23)16(18(15)17)10(8)3-21/h18H. The van der Waals surface area contributed by atoms with E-state index < -0.39 is 5.92 Å². The Morgan fingerprint density at radius 2 is 0.600 bits per heavy atom. The minimum Gasteiger partial charge on any atom is -0.192 e. The van der Waals surface area contributed by atoms with Gasteiger partial charge in [-0.3, -0.25) is 0 Å². The van der Waals surface area contributed by atoms with Crippen molar-refractivity contribution in [2.75, 3.05) is 0 Å². The third kappa shape index (κ3) is 1.50. The third-order valence-electron chi connectivity index (χ3n) is 4.26. The van der Waals surface area contributed by atoms with Crippen molar-refractivity contribution in [2.24, 2.45) is 5.92 Å². The van der Waals surface area contributed by atoms with E-state index in [0.717, 1.165) is 0 Å². The molecular weight excluding hydrogens is 314 g/mol. The lowest BCUT2D eigenvalue weighted by Gasteiger charge is -2.22. The van der Waals surface area contributed by atoms with Gasteiger partial charge in [0.1, 0.15) is 42.5 Å². The highest BCUT2D eigenvalue weighted by atomic mass is 14.5. The Hall–Kier alpha value is -4.87. The molecular formula is C18HN7. The molecule has 0 amide bonds. The molecule has 0 saturated heterocycles. The Labute approximate surface area is 141 Å². The predicted octanol–water partition coefficient (Wildman–Crippen LogP) is 1.79. The molecule has 0 fully saturated rings. The molecule has 0 bridgehead atoms. The molecule has 0 aromatic rings. The molecule has 3 aliphatic rings. The molecule has 108 valence electrons. The highest BCUT2D eigenvalue weighted by Gasteiger charge is 2.50. The Balaban J connectivity index is 2.67. The van der Waals surface area contributed by atoms with Gasteiger partial charge in [0.2, 0.25) is 0 Å². The molecule has 3 aliphatic carbocycles. The molecule has 3 rings (SSSR count). The van der Waals surface area contributed by atoms with Crippen molar-refractivity contribution in [3.63, 3.8) is 0 Å². The van der Waals surface area contributed by atoms with Crippen LogP contribution in [0.25, 0.3) is 0 Å². The minimum absolute atomic E-state index is 0.106. The monoisotopic (exact) mass is 315 g/mol. The van der Waals surface area contributed by atoms with Crippen LogP contribution in [-0.2, 0) is 0 Å². The van der Waals surface area contributed by atoms with Gasteiger partial charge in [-0.1, -0.05) is 0 Å². The van der Waals surface area contributed by atoms with Crippen LogP contribution in [0.2, 0.25) is 0 Å². The van der Waals surface area contributed by atoms with Crippen molar-refractivity contribution in [2.45, 2.75) is 0 Å². The summed E-state index contributed by atoms with van der Waals surface area (Å²) in [7, 11) is 0. The highest BCUT2D eigenvalue weighted by Crippen LogP contribution is 2.57. The highest BCUT2D eigenvalue weighted by molar-refractivity contribution is 5.88. The summed E-state index contributed by atoms with van der Waals surface area (Å²) < 4.78 is 0. The van der Waals surface area contributed by atoms with E-state index >= 15 is 0 Å². The average molecular weight is 315 g/mol. The molecule has 0 heterocycles. The van der Waals surface area contributed by atoms with Crippen LogP contribution < -0.4 is 0 Å². The summed E-state index contributed by atoms with van der Waals surface area (Å²) in [5.74, 6) is -0.894. The first-order valence-electron chi connectivity index (χ1n) is 6.68. The van der Waals surface area contributed by atoms with E-state index in [1.54, 1.807) is 6.07 Å². The van der Waals surface area contributed by atoms with Gasteiger partial charge in [-0.25, -0.2) is 0 Å². The van der Waals surface area contributed by atoms with Crippen molar-refractivity contribution >= 4 is 0 Å². The summed E-state index contributed by atoms with van der Waals surface area (Å²) in [6.07, 6.45) is 0. The van der Waals surface area contributed by atoms with E-state index in [4.69, 9.17) is 0 Å². The summed E-state index contributed by atoms with van der Waals surface area (Å²) in [6, 6.07) is 12.8. The number of allylic oxidation sites excluding steroid dienone is 10. The fourth-order valence-corrected chi connectivity index (χ4v) is 3.42. The molecule has 7 nitrogen and oxygen atoms in total. The van der Waals surface area contributed by atoms with Crippen LogP contribution in [0.4, 0.5) is 0 Å². The molecule has 7 heteroatoms. The van der Waals surface area contributed by atoms with Crippen LogP contribution in [0.3, 0.4) is 0 Å². The molecule has 1 atom stereocenters. The van der Waals surface area contributed by atoms with Gasteiger partial charge in [0, 0.05) is 22.6 Å². The molecule has 0 aromatic carbocycles. The second-order valence-corrected chi connectivity index (χ2v) is 5.08. The van der Waals surface area contributed by atoms with Crippen LogP contribution in [0.15, 0.2) is 55.7 Å². The molecule has 0 radical (unpaired) electrons. The molecule has 0 spiro atoms. The lowest BCUT2D eigenvalue weighted by Crippen LogP contribution is -2.15. The number of rotatable bonds is 0. The summed E-state index contributed by atoms with van der Waals surface area (Å²) in [4.78, 5) is 0. The van der Waals surface area contributed by atoms with Crippen LogP contribution in [0.1, 0.15) is 0 Å². The van der Waals surface area contributed by atoms with Gasteiger partial charge in [0.05, 0.1) is 39.0 Å². The number of hydrogen-bond acceptors (Lipinski definition) is 7. The zero-order valence-electron chi connectivity index (χ0n) is 12.2. The fourth-order valence-electron chi connectivity index (χ4n) is 3.42. The quantitative estimate of drug-likeness (QED) is 0.656. The van der Waals surface area contributed by atoms with Gasteiger partial charge in [0.25, 0.3) is 0 Å². The van der Waals surface area contributed by atoms with Gasteiger partial charge < -0.3 is 0 Å². The van der Waals surface area contributed by atoms with E-state index in [9.17, 15) is 36.8 Å². The molecule has 1 unspecified atom stereocenters. The van der Waals surface area contributed by atoms with Crippen LogP contribution in [0, 0.1) is 85.2 Å². The van der Waals surface area contributed by atoms with Crippen LogP contribution >= 0.6 is 0 Å². The maximum absolute atomic E-state index is 9.48. The van der Waals surface area contributed by atoms with Gasteiger partial charge in [-0.05, 0) is 0 Å². The first-order valence-corrected chi connectivity index (χ1v) is 6.68. The molecule has 0 aliphatic heterocycles. The Kier molecular flexibility index (Phi) is 3.07. The van der Waals surface area contributed by atoms with Crippen LogP contribution in [-0.4, -0.2) is 0 Å². The smallest absolute Gasteiger partial charge is 0.102 e. The maximum atomic E-state index is 9.48. The second-order valence-electron chi connectivity index (χ2n) is 5.08. The van der Waals surface area contributed by atoms with Gasteiger partial charge in [-0.2, -0.15) is 36.8 Å². The molecule has 0 saturated carbocycles.